The van der Waals surface area contributed by atoms with Gasteiger partial charge in [0.05, 0.1) is 17.1 Å². The van der Waals surface area contributed by atoms with Gasteiger partial charge in [-0.3, -0.25) is 0 Å². The molecule has 1 unspecified atom stereocenters. The van der Waals surface area contributed by atoms with E-state index in [-0.39, 0.29) is 0 Å². The Balaban J connectivity index is 1.97. The van der Waals surface area contributed by atoms with Gasteiger partial charge in [-0.15, -0.1) is 0 Å². The van der Waals surface area contributed by atoms with Crippen molar-refractivity contribution in [2.75, 3.05) is 12.8 Å². The SMILES string of the molecule is C=C(N[S+](C)[O-])/C(C)=C(\C=C/C)Cc1c(C)c2ccc(OC3=NCCC=N3)cc2oc1=O. The maximum absolute atomic E-state index is 12.9. The Morgan fingerprint density at radius 2 is 2.22 bits per heavy atom. The van der Waals surface area contributed by atoms with Gasteiger partial charge in [0.25, 0.3) is 0 Å². The molecule has 7 nitrogen and oxygen atoms in total. The second-order valence-corrected chi connectivity index (χ2v) is 8.49. The van der Waals surface area contributed by atoms with Gasteiger partial charge in [-0.1, -0.05) is 18.7 Å². The number of aryl methyl sites for hydroxylation is 1. The van der Waals surface area contributed by atoms with Crippen molar-refractivity contribution in [1.82, 2.24) is 4.72 Å². The largest absolute Gasteiger partial charge is 0.593 e. The third kappa shape index (κ3) is 5.57. The van der Waals surface area contributed by atoms with Gasteiger partial charge in [-0.25, -0.2) is 19.5 Å². The van der Waals surface area contributed by atoms with E-state index in [1.807, 2.05) is 45.1 Å². The highest BCUT2D eigenvalue weighted by molar-refractivity contribution is 7.88. The zero-order valence-corrected chi connectivity index (χ0v) is 19.5. The first-order valence-corrected chi connectivity index (χ1v) is 11.8. The van der Waals surface area contributed by atoms with Gasteiger partial charge in [0.2, 0.25) is 0 Å². The summed E-state index contributed by atoms with van der Waals surface area (Å²) in [6.45, 7) is 10.3. The lowest BCUT2D eigenvalue weighted by Gasteiger charge is -2.15. The van der Waals surface area contributed by atoms with Crippen molar-refractivity contribution in [3.8, 4) is 5.75 Å². The average Bonchev–Trinajstić information content (AvgIpc) is 2.75. The van der Waals surface area contributed by atoms with Crippen LogP contribution in [0.15, 0.2) is 73.0 Å². The van der Waals surface area contributed by atoms with Crippen LogP contribution in [0.1, 0.15) is 31.4 Å². The topological polar surface area (TPSA) is 99.2 Å². The van der Waals surface area contributed by atoms with E-state index in [2.05, 4.69) is 21.3 Å². The second-order valence-electron chi connectivity index (χ2n) is 7.38. The molecule has 0 bridgehead atoms. The molecule has 3 rings (SSSR count). The molecule has 32 heavy (non-hydrogen) atoms. The Labute approximate surface area is 190 Å². The predicted molar refractivity (Wildman–Crippen MR) is 131 cm³/mol. The number of allylic oxidation sites excluding steroid dienone is 4. The smallest absolute Gasteiger partial charge is 0.340 e. The van der Waals surface area contributed by atoms with Crippen molar-refractivity contribution in [2.45, 2.75) is 33.6 Å². The number of ether oxygens (including phenoxy) is 1. The molecule has 0 radical (unpaired) electrons. The summed E-state index contributed by atoms with van der Waals surface area (Å²) < 4.78 is 25.7. The summed E-state index contributed by atoms with van der Waals surface area (Å²) in [5, 5.41) is 0.824. The molecule has 1 aromatic heterocycles. The van der Waals surface area contributed by atoms with E-state index in [1.165, 1.54) is 0 Å². The molecule has 1 aromatic carbocycles. The lowest BCUT2D eigenvalue weighted by atomic mass is 9.96. The standard InChI is InChI=1S/C24H27N3O4S/c1-6-8-18(15(2)17(4)27-32(5)29)13-21-16(3)20-10-9-19(14-22(20)31-23(21)28)30-24-25-11-7-12-26-24/h6,8-11,14,27H,4,7,12-13H2,1-3,5H3/b8-6-,18-15+. The fourth-order valence-electron chi connectivity index (χ4n) is 3.36. The van der Waals surface area contributed by atoms with Crippen molar-refractivity contribution >= 4 is 34.6 Å². The Hall–Kier alpha value is -3.10. The summed E-state index contributed by atoms with van der Waals surface area (Å²) in [5.74, 6) is 0.505. The van der Waals surface area contributed by atoms with Crippen LogP contribution in [-0.2, 0) is 17.8 Å². The summed E-state index contributed by atoms with van der Waals surface area (Å²) in [4.78, 5) is 21.2. The van der Waals surface area contributed by atoms with Crippen LogP contribution in [0.2, 0.25) is 0 Å². The highest BCUT2D eigenvalue weighted by atomic mass is 32.2. The summed E-state index contributed by atoms with van der Waals surface area (Å²) in [6, 6.07) is 5.65. The summed E-state index contributed by atoms with van der Waals surface area (Å²) in [6.07, 6.45) is 8.28. The zero-order valence-electron chi connectivity index (χ0n) is 18.7. The Kier molecular flexibility index (Phi) is 7.71. The second kappa shape index (κ2) is 10.5. The summed E-state index contributed by atoms with van der Waals surface area (Å²) in [5.41, 5.74) is 3.70. The maximum atomic E-state index is 12.9. The number of fused-ring (bicyclic) bond motifs is 1. The summed E-state index contributed by atoms with van der Waals surface area (Å²) >= 11 is -1.23. The number of rotatable bonds is 7. The molecule has 0 aliphatic carbocycles. The Morgan fingerprint density at radius 1 is 1.44 bits per heavy atom. The molecule has 0 saturated carbocycles. The van der Waals surface area contributed by atoms with E-state index in [4.69, 9.17) is 9.15 Å². The average molecular weight is 454 g/mol. The van der Waals surface area contributed by atoms with Crippen LogP contribution in [0.3, 0.4) is 0 Å². The van der Waals surface area contributed by atoms with E-state index in [0.29, 0.717) is 41.6 Å². The van der Waals surface area contributed by atoms with Crippen LogP contribution >= 0.6 is 0 Å². The number of aliphatic imine (C=N–C) groups is 2. The number of hydrogen-bond acceptors (Lipinski definition) is 7. The minimum absolute atomic E-state index is 0.296. The van der Waals surface area contributed by atoms with Crippen LogP contribution in [0.4, 0.5) is 0 Å². The first-order valence-electron chi connectivity index (χ1n) is 10.2. The molecule has 1 aliphatic rings. The van der Waals surface area contributed by atoms with Gasteiger partial charge in [-0.05, 0) is 49.6 Å². The molecule has 168 valence electrons. The minimum atomic E-state index is -1.23. The van der Waals surface area contributed by atoms with Crippen molar-refractivity contribution in [3.05, 3.63) is 75.3 Å². The van der Waals surface area contributed by atoms with Gasteiger partial charge >= 0.3 is 11.6 Å². The molecule has 1 aliphatic heterocycles. The summed E-state index contributed by atoms with van der Waals surface area (Å²) in [7, 11) is 0. The third-order valence-electron chi connectivity index (χ3n) is 5.11. The Morgan fingerprint density at radius 3 is 2.88 bits per heavy atom. The van der Waals surface area contributed by atoms with Crippen LogP contribution < -0.4 is 15.1 Å². The predicted octanol–water partition coefficient (Wildman–Crippen LogP) is 4.14. The van der Waals surface area contributed by atoms with Crippen molar-refractivity contribution < 1.29 is 13.7 Å². The lowest BCUT2D eigenvalue weighted by molar-refractivity contribution is 0.526. The molecule has 2 aromatic rings. The highest BCUT2D eigenvalue weighted by Crippen LogP contribution is 2.27. The highest BCUT2D eigenvalue weighted by Gasteiger charge is 2.16. The zero-order chi connectivity index (χ0) is 23.3. The van der Waals surface area contributed by atoms with E-state index >= 15 is 0 Å². The number of benzene rings is 1. The monoisotopic (exact) mass is 453 g/mol. The molecule has 2 heterocycles. The van der Waals surface area contributed by atoms with Crippen molar-refractivity contribution in [2.24, 2.45) is 9.98 Å². The quantitative estimate of drug-likeness (QED) is 0.386. The third-order valence-corrected chi connectivity index (χ3v) is 5.65. The first kappa shape index (κ1) is 23.6. The molecular weight excluding hydrogens is 426 g/mol. The molecule has 1 N–H and O–H groups in total. The minimum Gasteiger partial charge on any atom is -0.593 e. The molecule has 1 atom stereocenters. The fraction of sp³-hybridized carbons (Fsp3) is 0.292. The van der Waals surface area contributed by atoms with Crippen LogP contribution in [0.5, 0.6) is 5.75 Å². The van der Waals surface area contributed by atoms with Gasteiger partial charge in [-0.2, -0.15) is 0 Å². The molecular formula is C24H27N3O4S. The van der Waals surface area contributed by atoms with Gasteiger partial charge < -0.3 is 13.7 Å². The van der Waals surface area contributed by atoms with Crippen LogP contribution in [-0.4, -0.2) is 29.6 Å². The van der Waals surface area contributed by atoms with E-state index in [0.717, 1.165) is 28.5 Å². The normalized spacial score (nSPS) is 15.5. The van der Waals surface area contributed by atoms with E-state index in [1.54, 1.807) is 18.5 Å². The number of nitrogens with zero attached hydrogens (tertiary/aromatic N) is 2. The van der Waals surface area contributed by atoms with E-state index in [9.17, 15) is 9.35 Å². The van der Waals surface area contributed by atoms with E-state index < -0.39 is 17.0 Å². The fourth-order valence-corrected chi connectivity index (χ4v) is 3.86. The van der Waals surface area contributed by atoms with Crippen molar-refractivity contribution in [3.63, 3.8) is 0 Å². The van der Waals surface area contributed by atoms with Gasteiger partial charge in [0.1, 0.15) is 17.6 Å². The van der Waals surface area contributed by atoms with Crippen molar-refractivity contribution in [1.29, 1.82) is 0 Å². The molecule has 0 spiro atoms. The molecule has 0 saturated heterocycles. The number of nitrogens with one attached hydrogen (secondary N) is 1. The Bertz CT molecular complexity index is 1210. The first-order chi connectivity index (χ1) is 15.3. The number of hydrogen-bond donors (Lipinski definition) is 1. The van der Waals surface area contributed by atoms with Crippen LogP contribution in [0, 0.1) is 6.92 Å². The van der Waals surface area contributed by atoms with Gasteiger partial charge in [0, 0.05) is 42.6 Å². The number of amidine groups is 1. The lowest BCUT2D eigenvalue weighted by Crippen LogP contribution is -2.22. The molecule has 8 heteroatoms. The van der Waals surface area contributed by atoms with Crippen LogP contribution in [0.25, 0.3) is 11.0 Å². The maximum Gasteiger partial charge on any atom is 0.340 e. The molecule has 0 fully saturated rings. The van der Waals surface area contributed by atoms with Gasteiger partial charge in [0.15, 0.2) is 0 Å². The molecule has 0 amide bonds.